The van der Waals surface area contributed by atoms with Crippen molar-refractivity contribution in [2.24, 2.45) is 0 Å². The first-order chi connectivity index (χ1) is 8.79. The van der Waals surface area contributed by atoms with Crippen molar-refractivity contribution >= 4 is 0 Å². The molecule has 0 amide bonds. The molecular formula is C12H16N4O2. The van der Waals surface area contributed by atoms with Gasteiger partial charge in [0.05, 0.1) is 12.2 Å². The van der Waals surface area contributed by atoms with Gasteiger partial charge in [0.15, 0.2) is 0 Å². The number of hydrogen-bond donors (Lipinski definition) is 1. The van der Waals surface area contributed by atoms with Gasteiger partial charge in [-0.3, -0.25) is 9.48 Å². The molecule has 0 saturated heterocycles. The van der Waals surface area contributed by atoms with Crippen molar-refractivity contribution in [2.75, 3.05) is 6.61 Å². The predicted molar refractivity (Wildman–Crippen MR) is 66.1 cm³/mol. The van der Waals surface area contributed by atoms with Crippen LogP contribution < -0.4 is 5.56 Å². The molecule has 6 heteroatoms. The number of aryl methyl sites for hydroxylation is 3. The lowest BCUT2D eigenvalue weighted by Gasteiger charge is -2.03. The second-order valence-corrected chi connectivity index (χ2v) is 4.03. The molecule has 0 aliphatic rings. The fourth-order valence-electron chi connectivity index (χ4n) is 1.68. The summed E-state index contributed by atoms with van der Waals surface area (Å²) in [5, 5.41) is 16.7. The first-order valence-corrected chi connectivity index (χ1v) is 5.95. The van der Waals surface area contributed by atoms with E-state index in [1.54, 1.807) is 21.5 Å². The number of hydrogen-bond acceptors (Lipinski definition) is 4. The Hall–Kier alpha value is -1.95. The molecule has 2 heterocycles. The maximum atomic E-state index is 11.5. The number of pyridine rings is 1. The number of rotatable bonds is 6. The topological polar surface area (TPSA) is 72.9 Å². The van der Waals surface area contributed by atoms with Gasteiger partial charge in [-0.05, 0) is 18.9 Å². The van der Waals surface area contributed by atoms with Crippen LogP contribution in [0, 0.1) is 0 Å². The summed E-state index contributed by atoms with van der Waals surface area (Å²) in [6.07, 6.45) is 5.02. The van der Waals surface area contributed by atoms with Gasteiger partial charge in [-0.2, -0.15) is 0 Å². The molecule has 0 aromatic carbocycles. The molecule has 0 saturated carbocycles. The van der Waals surface area contributed by atoms with Crippen molar-refractivity contribution in [1.82, 2.24) is 19.6 Å². The van der Waals surface area contributed by atoms with E-state index in [1.807, 2.05) is 12.3 Å². The van der Waals surface area contributed by atoms with Crippen molar-refractivity contribution in [3.63, 3.8) is 0 Å². The minimum Gasteiger partial charge on any atom is -0.396 e. The van der Waals surface area contributed by atoms with Crippen LogP contribution in [0.25, 0.3) is 0 Å². The highest BCUT2D eigenvalue weighted by Crippen LogP contribution is 1.98. The predicted octanol–water partition coefficient (Wildman–Crippen LogP) is 0.0649. The Morgan fingerprint density at radius 2 is 2.17 bits per heavy atom. The summed E-state index contributed by atoms with van der Waals surface area (Å²) in [6.45, 7) is 1.34. The number of aliphatic hydroxyl groups excluding tert-OH is 1. The van der Waals surface area contributed by atoms with Gasteiger partial charge in [0, 0.05) is 31.6 Å². The normalized spacial score (nSPS) is 10.7. The van der Waals surface area contributed by atoms with Gasteiger partial charge >= 0.3 is 0 Å². The third-order valence-corrected chi connectivity index (χ3v) is 2.65. The van der Waals surface area contributed by atoms with Gasteiger partial charge in [0.2, 0.25) is 0 Å². The first-order valence-electron chi connectivity index (χ1n) is 5.95. The molecule has 18 heavy (non-hydrogen) atoms. The summed E-state index contributed by atoms with van der Waals surface area (Å²) in [4.78, 5) is 11.5. The van der Waals surface area contributed by atoms with Gasteiger partial charge in [0.25, 0.3) is 5.56 Å². The van der Waals surface area contributed by atoms with Crippen LogP contribution in [-0.2, 0) is 19.5 Å². The van der Waals surface area contributed by atoms with Crippen molar-refractivity contribution in [3.8, 4) is 0 Å². The van der Waals surface area contributed by atoms with E-state index in [2.05, 4.69) is 10.3 Å². The number of aliphatic hydroxyl groups is 1. The molecule has 6 nitrogen and oxygen atoms in total. The Labute approximate surface area is 104 Å². The zero-order valence-corrected chi connectivity index (χ0v) is 10.1. The lowest BCUT2D eigenvalue weighted by Crippen LogP contribution is -2.20. The van der Waals surface area contributed by atoms with Crippen molar-refractivity contribution < 1.29 is 5.11 Å². The van der Waals surface area contributed by atoms with Crippen molar-refractivity contribution in [1.29, 1.82) is 0 Å². The van der Waals surface area contributed by atoms with E-state index in [4.69, 9.17) is 5.11 Å². The molecule has 0 aliphatic heterocycles. The first kappa shape index (κ1) is 12.5. The van der Waals surface area contributed by atoms with Crippen LogP contribution in [0.5, 0.6) is 0 Å². The maximum absolute atomic E-state index is 11.5. The molecule has 0 radical (unpaired) electrons. The average Bonchev–Trinajstić information content (AvgIpc) is 2.83. The van der Waals surface area contributed by atoms with E-state index >= 15 is 0 Å². The molecule has 2 aromatic rings. The molecular weight excluding hydrogens is 232 g/mol. The fraction of sp³-hybridized carbons (Fsp3) is 0.417. The number of aromatic nitrogens is 4. The average molecular weight is 248 g/mol. The molecule has 96 valence electrons. The molecule has 0 unspecified atom stereocenters. The van der Waals surface area contributed by atoms with E-state index in [0.717, 1.165) is 12.1 Å². The quantitative estimate of drug-likeness (QED) is 0.785. The maximum Gasteiger partial charge on any atom is 0.250 e. The van der Waals surface area contributed by atoms with Crippen molar-refractivity contribution in [2.45, 2.75) is 25.9 Å². The summed E-state index contributed by atoms with van der Waals surface area (Å²) < 4.78 is 3.35. The molecule has 2 aromatic heterocycles. The summed E-state index contributed by atoms with van der Waals surface area (Å²) in [6, 6.07) is 5.09. The van der Waals surface area contributed by atoms with Gasteiger partial charge in [-0.25, -0.2) is 0 Å². The number of nitrogens with zero attached hydrogens (tertiary/aromatic N) is 4. The fourth-order valence-corrected chi connectivity index (χ4v) is 1.68. The third-order valence-electron chi connectivity index (χ3n) is 2.65. The highest BCUT2D eigenvalue weighted by molar-refractivity contribution is 4.94. The van der Waals surface area contributed by atoms with Crippen LogP contribution in [0.4, 0.5) is 0 Å². The minimum atomic E-state index is -0.0156. The third kappa shape index (κ3) is 3.27. The smallest absolute Gasteiger partial charge is 0.250 e. The van der Waals surface area contributed by atoms with Gasteiger partial charge < -0.3 is 9.67 Å². The zero-order chi connectivity index (χ0) is 12.8. The molecule has 1 N–H and O–H groups in total. The molecule has 0 spiro atoms. The Balaban J connectivity index is 1.92. The lowest BCUT2D eigenvalue weighted by atomic mass is 10.3. The van der Waals surface area contributed by atoms with Crippen molar-refractivity contribution in [3.05, 3.63) is 46.6 Å². The minimum absolute atomic E-state index is 0.0156. The highest BCUT2D eigenvalue weighted by Gasteiger charge is 2.01. The van der Waals surface area contributed by atoms with Gasteiger partial charge in [-0.1, -0.05) is 11.3 Å². The van der Waals surface area contributed by atoms with E-state index in [-0.39, 0.29) is 12.2 Å². The Kier molecular flexibility index (Phi) is 4.25. The standard InChI is InChI=1S/C12H16N4O2/c17-9-3-4-11-10-16(14-13-11)8-7-15-6-2-1-5-12(15)18/h1-2,5-6,10,17H,3-4,7-9H2. The lowest BCUT2D eigenvalue weighted by molar-refractivity contribution is 0.288. The van der Waals surface area contributed by atoms with Crippen LogP contribution in [-0.4, -0.2) is 31.3 Å². The van der Waals surface area contributed by atoms with Crippen LogP contribution in [0.2, 0.25) is 0 Å². The summed E-state index contributed by atoms with van der Waals surface area (Å²) in [7, 11) is 0. The Bertz CT molecular complexity index is 547. The van der Waals surface area contributed by atoms with Crippen LogP contribution in [0.1, 0.15) is 12.1 Å². The molecule has 2 rings (SSSR count). The monoisotopic (exact) mass is 248 g/mol. The summed E-state index contributed by atoms with van der Waals surface area (Å²) in [5.41, 5.74) is 0.850. The second-order valence-electron chi connectivity index (χ2n) is 4.03. The molecule has 0 bridgehead atoms. The summed E-state index contributed by atoms with van der Waals surface area (Å²) in [5.74, 6) is 0. The Morgan fingerprint density at radius 3 is 2.94 bits per heavy atom. The van der Waals surface area contributed by atoms with E-state index < -0.39 is 0 Å². The molecule has 0 atom stereocenters. The van der Waals surface area contributed by atoms with Crippen LogP contribution >= 0.6 is 0 Å². The molecule has 0 fully saturated rings. The largest absolute Gasteiger partial charge is 0.396 e. The van der Waals surface area contributed by atoms with E-state index in [9.17, 15) is 4.79 Å². The second kappa shape index (κ2) is 6.11. The van der Waals surface area contributed by atoms with E-state index in [0.29, 0.717) is 19.5 Å². The van der Waals surface area contributed by atoms with Crippen LogP contribution in [0.3, 0.4) is 0 Å². The Morgan fingerprint density at radius 1 is 1.28 bits per heavy atom. The van der Waals surface area contributed by atoms with Gasteiger partial charge in [-0.15, -0.1) is 5.10 Å². The molecule has 0 aliphatic carbocycles. The SMILES string of the molecule is O=c1ccccn1CCn1cc(CCCO)nn1. The highest BCUT2D eigenvalue weighted by atomic mass is 16.2. The zero-order valence-electron chi connectivity index (χ0n) is 10.1. The van der Waals surface area contributed by atoms with Gasteiger partial charge in [0.1, 0.15) is 0 Å². The van der Waals surface area contributed by atoms with E-state index in [1.165, 1.54) is 6.07 Å². The van der Waals surface area contributed by atoms with Crippen LogP contribution in [0.15, 0.2) is 35.4 Å². The summed E-state index contributed by atoms with van der Waals surface area (Å²) >= 11 is 0.